The lowest BCUT2D eigenvalue weighted by Gasteiger charge is -2.16. The standard InChI is InChI=1S/C15H20BrNO3/c16-13-2-1-3-14(10-13)20-9-6-15(19)17-7-4-12(11-17)5-8-18/h1-3,10,12,18H,4-9,11H2. The van der Waals surface area contributed by atoms with Gasteiger partial charge in [0.15, 0.2) is 0 Å². The second kappa shape index (κ2) is 7.64. The molecule has 1 unspecified atom stereocenters. The van der Waals surface area contributed by atoms with Gasteiger partial charge in [-0.05, 0) is 37.0 Å². The molecule has 4 nitrogen and oxygen atoms in total. The average molecular weight is 342 g/mol. The van der Waals surface area contributed by atoms with E-state index in [2.05, 4.69) is 15.9 Å². The highest BCUT2D eigenvalue weighted by Gasteiger charge is 2.25. The molecule has 1 amide bonds. The maximum atomic E-state index is 12.0. The molecule has 1 aliphatic heterocycles. The number of halogens is 1. The van der Waals surface area contributed by atoms with Crippen molar-refractivity contribution in [3.05, 3.63) is 28.7 Å². The first-order valence-corrected chi connectivity index (χ1v) is 7.75. The molecular weight excluding hydrogens is 322 g/mol. The monoisotopic (exact) mass is 341 g/mol. The number of hydrogen-bond acceptors (Lipinski definition) is 3. The fourth-order valence-electron chi connectivity index (χ4n) is 2.45. The Morgan fingerprint density at radius 1 is 1.50 bits per heavy atom. The number of ether oxygens (including phenoxy) is 1. The summed E-state index contributed by atoms with van der Waals surface area (Å²) in [5.74, 6) is 1.36. The van der Waals surface area contributed by atoms with E-state index in [-0.39, 0.29) is 12.5 Å². The summed E-state index contributed by atoms with van der Waals surface area (Å²) in [5.41, 5.74) is 0. The third kappa shape index (κ3) is 4.49. The van der Waals surface area contributed by atoms with Gasteiger partial charge in [-0.25, -0.2) is 0 Å². The predicted molar refractivity (Wildman–Crippen MR) is 80.6 cm³/mol. The van der Waals surface area contributed by atoms with Crippen LogP contribution in [0.4, 0.5) is 0 Å². The molecule has 1 aromatic carbocycles. The summed E-state index contributed by atoms with van der Waals surface area (Å²) in [6.07, 6.45) is 2.19. The zero-order valence-corrected chi connectivity index (χ0v) is 13.0. The Hall–Kier alpha value is -1.07. The third-order valence-electron chi connectivity index (χ3n) is 3.56. The molecule has 1 atom stereocenters. The van der Waals surface area contributed by atoms with E-state index in [0.29, 0.717) is 18.9 Å². The van der Waals surface area contributed by atoms with E-state index in [1.807, 2.05) is 29.2 Å². The van der Waals surface area contributed by atoms with Gasteiger partial charge in [0.2, 0.25) is 5.91 Å². The molecule has 0 aromatic heterocycles. The van der Waals surface area contributed by atoms with Gasteiger partial charge >= 0.3 is 0 Å². The van der Waals surface area contributed by atoms with Crippen molar-refractivity contribution in [2.75, 3.05) is 26.3 Å². The SMILES string of the molecule is O=C(CCOc1cccc(Br)c1)N1CCC(CCO)C1. The summed E-state index contributed by atoms with van der Waals surface area (Å²) >= 11 is 3.38. The molecule has 1 aromatic rings. The van der Waals surface area contributed by atoms with Crippen molar-refractivity contribution in [1.82, 2.24) is 4.90 Å². The van der Waals surface area contributed by atoms with Crippen LogP contribution in [0.5, 0.6) is 5.75 Å². The number of carbonyl (C=O) groups is 1. The lowest BCUT2D eigenvalue weighted by molar-refractivity contribution is -0.130. The predicted octanol–water partition coefficient (Wildman–Crippen LogP) is 2.45. The maximum absolute atomic E-state index is 12.0. The maximum Gasteiger partial charge on any atom is 0.226 e. The first-order valence-electron chi connectivity index (χ1n) is 6.96. The molecule has 0 aliphatic carbocycles. The van der Waals surface area contributed by atoms with Crippen LogP contribution in [-0.4, -0.2) is 42.2 Å². The Labute approximate surface area is 127 Å². The topological polar surface area (TPSA) is 49.8 Å². The Morgan fingerprint density at radius 3 is 3.10 bits per heavy atom. The highest BCUT2D eigenvalue weighted by Crippen LogP contribution is 2.20. The summed E-state index contributed by atoms with van der Waals surface area (Å²) < 4.78 is 6.54. The number of rotatable bonds is 6. The van der Waals surface area contributed by atoms with E-state index >= 15 is 0 Å². The van der Waals surface area contributed by atoms with Crippen LogP contribution in [0.25, 0.3) is 0 Å². The summed E-state index contributed by atoms with van der Waals surface area (Å²) in [7, 11) is 0. The second-order valence-corrected chi connectivity index (χ2v) is 5.98. The molecule has 20 heavy (non-hydrogen) atoms. The van der Waals surface area contributed by atoms with Crippen LogP contribution in [0.1, 0.15) is 19.3 Å². The quantitative estimate of drug-likeness (QED) is 0.864. The molecule has 1 aliphatic rings. The van der Waals surface area contributed by atoms with Gasteiger partial charge in [-0.3, -0.25) is 4.79 Å². The number of amides is 1. The third-order valence-corrected chi connectivity index (χ3v) is 4.05. The minimum atomic E-state index is 0.139. The van der Waals surface area contributed by atoms with Crippen molar-refractivity contribution in [2.24, 2.45) is 5.92 Å². The van der Waals surface area contributed by atoms with Crippen molar-refractivity contribution in [2.45, 2.75) is 19.3 Å². The van der Waals surface area contributed by atoms with Crippen LogP contribution in [0, 0.1) is 5.92 Å². The zero-order chi connectivity index (χ0) is 14.4. The number of benzene rings is 1. The number of aliphatic hydroxyl groups excluding tert-OH is 1. The van der Waals surface area contributed by atoms with Gasteiger partial charge in [0, 0.05) is 24.2 Å². The van der Waals surface area contributed by atoms with Crippen LogP contribution < -0.4 is 4.74 Å². The van der Waals surface area contributed by atoms with E-state index < -0.39 is 0 Å². The van der Waals surface area contributed by atoms with Crippen LogP contribution >= 0.6 is 15.9 Å². The molecule has 1 N–H and O–H groups in total. The lowest BCUT2D eigenvalue weighted by Crippen LogP contribution is -2.29. The first kappa shape index (κ1) is 15.3. The molecule has 1 heterocycles. The van der Waals surface area contributed by atoms with Crippen molar-refractivity contribution >= 4 is 21.8 Å². The van der Waals surface area contributed by atoms with Crippen LogP contribution in [0.3, 0.4) is 0 Å². The Morgan fingerprint density at radius 2 is 2.35 bits per heavy atom. The van der Waals surface area contributed by atoms with Gasteiger partial charge in [0.25, 0.3) is 0 Å². The lowest BCUT2D eigenvalue weighted by atomic mass is 10.1. The molecule has 110 valence electrons. The van der Waals surface area contributed by atoms with Gasteiger partial charge in [0.05, 0.1) is 13.0 Å². The van der Waals surface area contributed by atoms with Gasteiger partial charge in [-0.2, -0.15) is 0 Å². The Balaban J connectivity index is 1.70. The summed E-state index contributed by atoms with van der Waals surface area (Å²) in [5, 5.41) is 8.91. The highest BCUT2D eigenvalue weighted by atomic mass is 79.9. The number of aliphatic hydroxyl groups is 1. The number of likely N-dealkylation sites (tertiary alicyclic amines) is 1. The van der Waals surface area contributed by atoms with E-state index in [4.69, 9.17) is 9.84 Å². The molecule has 0 radical (unpaired) electrons. The highest BCUT2D eigenvalue weighted by molar-refractivity contribution is 9.10. The molecule has 0 bridgehead atoms. The normalized spacial score (nSPS) is 18.3. The fraction of sp³-hybridized carbons (Fsp3) is 0.533. The van der Waals surface area contributed by atoms with Crippen molar-refractivity contribution in [1.29, 1.82) is 0 Å². The summed E-state index contributed by atoms with van der Waals surface area (Å²) in [4.78, 5) is 13.9. The van der Waals surface area contributed by atoms with Crippen LogP contribution in [0.2, 0.25) is 0 Å². The molecule has 1 saturated heterocycles. The second-order valence-electron chi connectivity index (χ2n) is 5.06. The summed E-state index contributed by atoms with van der Waals surface area (Å²) in [6, 6.07) is 7.60. The number of carbonyl (C=O) groups excluding carboxylic acids is 1. The Kier molecular flexibility index (Phi) is 5.86. The van der Waals surface area contributed by atoms with Gasteiger partial charge in [0.1, 0.15) is 5.75 Å². The molecule has 0 saturated carbocycles. The van der Waals surface area contributed by atoms with Crippen molar-refractivity contribution in [3.8, 4) is 5.75 Å². The summed E-state index contributed by atoms with van der Waals surface area (Å²) in [6.45, 7) is 2.19. The first-order chi connectivity index (χ1) is 9.69. The van der Waals surface area contributed by atoms with Gasteiger partial charge in [-0.15, -0.1) is 0 Å². The molecule has 5 heteroatoms. The number of hydrogen-bond donors (Lipinski definition) is 1. The van der Waals surface area contributed by atoms with Gasteiger partial charge in [-0.1, -0.05) is 22.0 Å². The fourth-order valence-corrected chi connectivity index (χ4v) is 2.83. The van der Waals surface area contributed by atoms with Crippen molar-refractivity contribution in [3.63, 3.8) is 0 Å². The smallest absolute Gasteiger partial charge is 0.226 e. The van der Waals surface area contributed by atoms with E-state index in [1.165, 1.54) is 0 Å². The van der Waals surface area contributed by atoms with E-state index in [1.54, 1.807) is 0 Å². The van der Waals surface area contributed by atoms with E-state index in [9.17, 15) is 4.79 Å². The molecule has 2 rings (SSSR count). The Bertz CT molecular complexity index is 452. The van der Waals surface area contributed by atoms with Crippen LogP contribution in [0.15, 0.2) is 28.7 Å². The molecular formula is C15H20BrNO3. The minimum Gasteiger partial charge on any atom is -0.493 e. The minimum absolute atomic E-state index is 0.139. The number of nitrogens with zero attached hydrogens (tertiary/aromatic N) is 1. The van der Waals surface area contributed by atoms with Gasteiger partial charge < -0.3 is 14.7 Å². The zero-order valence-electron chi connectivity index (χ0n) is 11.4. The van der Waals surface area contributed by atoms with E-state index in [0.717, 1.165) is 36.2 Å². The van der Waals surface area contributed by atoms with Crippen LogP contribution in [-0.2, 0) is 4.79 Å². The largest absolute Gasteiger partial charge is 0.493 e. The average Bonchev–Trinajstić information content (AvgIpc) is 2.88. The molecule has 0 spiro atoms. The molecule has 1 fully saturated rings. The van der Waals surface area contributed by atoms with Crippen molar-refractivity contribution < 1.29 is 14.6 Å².